The molecule has 1 aromatic carbocycles. The minimum Gasteiger partial charge on any atom is -0.497 e. The number of rotatable bonds is 3. The molecule has 4 heteroatoms. The summed E-state index contributed by atoms with van der Waals surface area (Å²) in [5, 5.41) is 7.94. The summed E-state index contributed by atoms with van der Waals surface area (Å²) < 4.78 is 7.19. The summed E-state index contributed by atoms with van der Waals surface area (Å²) in [5.74, 6) is 1.47. The van der Waals surface area contributed by atoms with Gasteiger partial charge in [-0.05, 0) is 49.7 Å². The normalized spacial score (nSPS) is 18.7. The predicted molar refractivity (Wildman–Crippen MR) is 75.1 cm³/mol. The number of benzene rings is 1. The van der Waals surface area contributed by atoms with Gasteiger partial charge in [-0.3, -0.25) is 0 Å². The standard InChI is InChI=1S/C15H19N3O/c1-11-15(12-7-8-16-9-12)10-17-18(11)13-3-5-14(19-2)6-4-13/h3-6,10,12,16H,7-9H2,1-2H3. The topological polar surface area (TPSA) is 39.1 Å². The van der Waals surface area contributed by atoms with Crippen LogP contribution in [-0.2, 0) is 0 Å². The lowest BCUT2D eigenvalue weighted by Crippen LogP contribution is -2.08. The summed E-state index contributed by atoms with van der Waals surface area (Å²) >= 11 is 0. The van der Waals surface area contributed by atoms with Gasteiger partial charge in [0.2, 0.25) is 0 Å². The lowest BCUT2D eigenvalue weighted by Gasteiger charge is -2.09. The summed E-state index contributed by atoms with van der Waals surface area (Å²) in [5.41, 5.74) is 3.68. The van der Waals surface area contributed by atoms with Gasteiger partial charge in [-0.2, -0.15) is 5.10 Å². The highest BCUT2D eigenvalue weighted by atomic mass is 16.5. The molecule has 1 aliphatic heterocycles. The maximum Gasteiger partial charge on any atom is 0.119 e. The van der Waals surface area contributed by atoms with Gasteiger partial charge >= 0.3 is 0 Å². The van der Waals surface area contributed by atoms with Crippen molar-refractivity contribution >= 4 is 0 Å². The van der Waals surface area contributed by atoms with Gasteiger partial charge in [0, 0.05) is 18.2 Å². The van der Waals surface area contributed by atoms with Gasteiger partial charge in [-0.15, -0.1) is 0 Å². The number of nitrogens with zero attached hydrogens (tertiary/aromatic N) is 2. The molecule has 1 N–H and O–H groups in total. The first-order valence-electron chi connectivity index (χ1n) is 6.69. The van der Waals surface area contributed by atoms with E-state index < -0.39 is 0 Å². The van der Waals surface area contributed by atoms with Crippen molar-refractivity contribution in [2.45, 2.75) is 19.3 Å². The SMILES string of the molecule is COc1ccc(-n2ncc(C3CCNC3)c2C)cc1. The molecule has 1 unspecified atom stereocenters. The minimum absolute atomic E-state index is 0.604. The maximum absolute atomic E-state index is 5.18. The molecule has 0 spiro atoms. The molecule has 19 heavy (non-hydrogen) atoms. The number of aromatic nitrogens is 2. The second-order valence-corrected chi connectivity index (χ2v) is 4.98. The lowest BCUT2D eigenvalue weighted by molar-refractivity contribution is 0.414. The molecular formula is C15H19N3O. The van der Waals surface area contributed by atoms with E-state index in [-0.39, 0.29) is 0 Å². The van der Waals surface area contributed by atoms with Crippen LogP contribution in [0.25, 0.3) is 5.69 Å². The first-order chi connectivity index (χ1) is 9.29. The zero-order valence-corrected chi connectivity index (χ0v) is 11.4. The lowest BCUT2D eigenvalue weighted by atomic mass is 9.99. The van der Waals surface area contributed by atoms with Crippen LogP contribution in [0.15, 0.2) is 30.5 Å². The van der Waals surface area contributed by atoms with Gasteiger partial charge in [0.15, 0.2) is 0 Å². The van der Waals surface area contributed by atoms with Crippen molar-refractivity contribution in [3.05, 3.63) is 41.7 Å². The van der Waals surface area contributed by atoms with E-state index in [9.17, 15) is 0 Å². The highest BCUT2D eigenvalue weighted by molar-refractivity contribution is 5.39. The highest BCUT2D eigenvalue weighted by Gasteiger charge is 2.21. The van der Waals surface area contributed by atoms with E-state index in [0.717, 1.165) is 24.5 Å². The third-order valence-corrected chi connectivity index (χ3v) is 3.86. The number of nitrogens with one attached hydrogen (secondary N) is 1. The van der Waals surface area contributed by atoms with E-state index in [1.54, 1.807) is 7.11 Å². The van der Waals surface area contributed by atoms with Crippen LogP contribution in [0.5, 0.6) is 5.75 Å². The van der Waals surface area contributed by atoms with Crippen LogP contribution < -0.4 is 10.1 Å². The molecule has 1 saturated heterocycles. The Hall–Kier alpha value is -1.81. The molecule has 1 aromatic heterocycles. The summed E-state index contributed by atoms with van der Waals surface area (Å²) in [7, 11) is 1.68. The molecule has 4 nitrogen and oxygen atoms in total. The third-order valence-electron chi connectivity index (χ3n) is 3.86. The fourth-order valence-electron chi connectivity index (χ4n) is 2.73. The van der Waals surface area contributed by atoms with Crippen molar-refractivity contribution in [3.8, 4) is 11.4 Å². The largest absolute Gasteiger partial charge is 0.497 e. The zero-order valence-electron chi connectivity index (χ0n) is 11.4. The molecule has 0 aliphatic carbocycles. The Balaban J connectivity index is 1.92. The van der Waals surface area contributed by atoms with Gasteiger partial charge in [-0.1, -0.05) is 0 Å². The molecule has 3 rings (SSSR count). The zero-order chi connectivity index (χ0) is 13.2. The van der Waals surface area contributed by atoms with E-state index in [4.69, 9.17) is 4.74 Å². The molecule has 0 bridgehead atoms. The van der Waals surface area contributed by atoms with Crippen LogP contribution in [0, 0.1) is 6.92 Å². The van der Waals surface area contributed by atoms with Crippen molar-refractivity contribution in [2.24, 2.45) is 0 Å². The smallest absolute Gasteiger partial charge is 0.119 e. The van der Waals surface area contributed by atoms with Gasteiger partial charge in [0.05, 0.1) is 19.0 Å². The quantitative estimate of drug-likeness (QED) is 0.916. The number of hydrogen-bond acceptors (Lipinski definition) is 3. The molecular weight excluding hydrogens is 238 g/mol. The fraction of sp³-hybridized carbons (Fsp3) is 0.400. The Morgan fingerprint density at radius 3 is 2.74 bits per heavy atom. The van der Waals surface area contributed by atoms with Crippen LogP contribution in [0.2, 0.25) is 0 Å². The molecule has 2 heterocycles. The molecule has 0 saturated carbocycles. The molecule has 2 aromatic rings. The van der Waals surface area contributed by atoms with Crippen LogP contribution in [0.3, 0.4) is 0 Å². The number of methoxy groups -OCH3 is 1. The van der Waals surface area contributed by atoms with Crippen molar-refractivity contribution in [2.75, 3.05) is 20.2 Å². The fourth-order valence-corrected chi connectivity index (χ4v) is 2.73. The van der Waals surface area contributed by atoms with Gasteiger partial charge in [0.1, 0.15) is 5.75 Å². The Morgan fingerprint density at radius 1 is 1.32 bits per heavy atom. The second kappa shape index (κ2) is 5.05. The Kier molecular flexibility index (Phi) is 3.25. The van der Waals surface area contributed by atoms with Crippen LogP contribution >= 0.6 is 0 Å². The van der Waals surface area contributed by atoms with Crippen molar-refractivity contribution in [3.63, 3.8) is 0 Å². The van der Waals surface area contributed by atoms with Gasteiger partial charge < -0.3 is 10.1 Å². The van der Waals surface area contributed by atoms with Crippen LogP contribution in [-0.4, -0.2) is 30.0 Å². The third kappa shape index (κ3) is 2.24. The molecule has 1 fully saturated rings. The van der Waals surface area contributed by atoms with E-state index in [1.807, 2.05) is 35.1 Å². The Bertz CT molecular complexity index is 553. The minimum atomic E-state index is 0.604. The van der Waals surface area contributed by atoms with E-state index in [1.165, 1.54) is 17.7 Å². The first kappa shape index (κ1) is 12.2. The first-order valence-corrected chi connectivity index (χ1v) is 6.69. The predicted octanol–water partition coefficient (Wildman–Crippen LogP) is 2.27. The number of hydrogen-bond donors (Lipinski definition) is 1. The summed E-state index contributed by atoms with van der Waals surface area (Å²) in [6, 6.07) is 8.01. The monoisotopic (exact) mass is 257 g/mol. The number of ether oxygens (including phenoxy) is 1. The Morgan fingerprint density at radius 2 is 2.11 bits per heavy atom. The van der Waals surface area contributed by atoms with Crippen LogP contribution in [0.4, 0.5) is 0 Å². The summed E-state index contributed by atoms with van der Waals surface area (Å²) in [4.78, 5) is 0. The van der Waals surface area contributed by atoms with Crippen LogP contribution in [0.1, 0.15) is 23.6 Å². The average Bonchev–Trinajstić information content (AvgIpc) is 3.08. The molecule has 1 atom stereocenters. The summed E-state index contributed by atoms with van der Waals surface area (Å²) in [6.45, 7) is 4.32. The Labute approximate surface area is 113 Å². The van der Waals surface area contributed by atoms with Gasteiger partial charge in [0.25, 0.3) is 0 Å². The molecule has 0 amide bonds. The molecule has 100 valence electrons. The second-order valence-electron chi connectivity index (χ2n) is 4.98. The molecule has 0 radical (unpaired) electrons. The van der Waals surface area contributed by atoms with Crippen molar-refractivity contribution < 1.29 is 4.74 Å². The highest BCUT2D eigenvalue weighted by Crippen LogP contribution is 2.26. The average molecular weight is 257 g/mol. The van der Waals surface area contributed by atoms with Gasteiger partial charge in [-0.25, -0.2) is 4.68 Å². The molecule has 1 aliphatic rings. The van der Waals surface area contributed by atoms with E-state index in [2.05, 4.69) is 17.3 Å². The van der Waals surface area contributed by atoms with Crippen molar-refractivity contribution in [1.29, 1.82) is 0 Å². The maximum atomic E-state index is 5.18. The van der Waals surface area contributed by atoms with Crippen molar-refractivity contribution in [1.82, 2.24) is 15.1 Å². The van der Waals surface area contributed by atoms with E-state index >= 15 is 0 Å². The summed E-state index contributed by atoms with van der Waals surface area (Å²) in [6.07, 6.45) is 3.21. The van der Waals surface area contributed by atoms with E-state index in [0.29, 0.717) is 5.92 Å².